The number of hydrogen-bond donors (Lipinski definition) is 2. The molecule has 2 aliphatic rings. The third kappa shape index (κ3) is 4.93. The fourth-order valence-electron chi connectivity index (χ4n) is 4.45. The number of urea groups is 1. The standard InChI is InChI=1S/C24H29FN2O3/c25-19-7-4-8-22(17-19)30-21-11-15-27(16-12-21)23(28)26-20-9-13-24(29,14-10-20)18-5-2-1-3-6-18/h1-8,17,20-21,29H,9-16H2,(H,26,28). The van der Waals surface area contributed by atoms with Crippen molar-refractivity contribution in [3.05, 3.63) is 66.0 Å². The van der Waals surface area contributed by atoms with Crippen molar-refractivity contribution in [3.8, 4) is 5.75 Å². The number of likely N-dealkylation sites (tertiary alicyclic amines) is 1. The topological polar surface area (TPSA) is 61.8 Å². The lowest BCUT2D eigenvalue weighted by Crippen LogP contribution is -2.50. The fraction of sp³-hybridized carbons (Fsp3) is 0.458. The number of benzene rings is 2. The summed E-state index contributed by atoms with van der Waals surface area (Å²) in [6.45, 7) is 1.24. The van der Waals surface area contributed by atoms with Crippen molar-refractivity contribution in [2.75, 3.05) is 13.1 Å². The summed E-state index contributed by atoms with van der Waals surface area (Å²) in [4.78, 5) is 14.5. The number of amides is 2. The first-order chi connectivity index (χ1) is 14.5. The van der Waals surface area contributed by atoms with Crippen molar-refractivity contribution in [1.82, 2.24) is 10.2 Å². The number of hydrogen-bond acceptors (Lipinski definition) is 3. The van der Waals surface area contributed by atoms with Crippen molar-refractivity contribution >= 4 is 6.03 Å². The number of nitrogens with one attached hydrogen (secondary N) is 1. The molecule has 30 heavy (non-hydrogen) atoms. The van der Waals surface area contributed by atoms with E-state index in [1.807, 2.05) is 35.2 Å². The van der Waals surface area contributed by atoms with Gasteiger partial charge in [-0.3, -0.25) is 0 Å². The van der Waals surface area contributed by atoms with E-state index in [0.29, 0.717) is 31.7 Å². The first-order valence-electron chi connectivity index (χ1n) is 10.8. The summed E-state index contributed by atoms with van der Waals surface area (Å²) in [7, 11) is 0. The van der Waals surface area contributed by atoms with E-state index in [9.17, 15) is 14.3 Å². The first kappa shape index (κ1) is 20.7. The Bertz CT molecular complexity index is 845. The third-order valence-electron chi connectivity index (χ3n) is 6.28. The average molecular weight is 413 g/mol. The molecule has 1 heterocycles. The number of halogens is 1. The largest absolute Gasteiger partial charge is 0.490 e. The van der Waals surface area contributed by atoms with E-state index >= 15 is 0 Å². The molecule has 2 amide bonds. The maximum atomic E-state index is 13.3. The van der Waals surface area contributed by atoms with Crippen LogP contribution in [0.3, 0.4) is 0 Å². The molecule has 1 saturated heterocycles. The molecule has 0 radical (unpaired) electrons. The van der Waals surface area contributed by atoms with E-state index in [0.717, 1.165) is 31.2 Å². The molecule has 4 rings (SSSR count). The van der Waals surface area contributed by atoms with E-state index in [1.165, 1.54) is 12.1 Å². The molecule has 0 atom stereocenters. The number of nitrogens with zero attached hydrogens (tertiary/aromatic N) is 1. The molecule has 0 spiro atoms. The quantitative estimate of drug-likeness (QED) is 0.791. The smallest absolute Gasteiger partial charge is 0.317 e. The Labute approximate surface area is 176 Å². The molecule has 1 saturated carbocycles. The van der Waals surface area contributed by atoms with Gasteiger partial charge in [0, 0.05) is 38.0 Å². The molecule has 1 aliphatic carbocycles. The van der Waals surface area contributed by atoms with Crippen LogP contribution in [0.5, 0.6) is 5.75 Å². The lowest BCUT2D eigenvalue weighted by atomic mass is 9.78. The van der Waals surface area contributed by atoms with E-state index in [4.69, 9.17) is 4.74 Å². The van der Waals surface area contributed by atoms with Crippen LogP contribution in [0, 0.1) is 5.82 Å². The molecule has 160 valence electrons. The SMILES string of the molecule is O=C(NC1CCC(O)(c2ccccc2)CC1)N1CCC(Oc2cccc(F)c2)CC1. The first-order valence-corrected chi connectivity index (χ1v) is 10.8. The highest BCUT2D eigenvalue weighted by Crippen LogP contribution is 2.37. The molecule has 5 nitrogen and oxygen atoms in total. The summed E-state index contributed by atoms with van der Waals surface area (Å²) in [6, 6.07) is 16.0. The Morgan fingerprint density at radius 3 is 2.40 bits per heavy atom. The van der Waals surface area contributed by atoms with Gasteiger partial charge in [-0.25, -0.2) is 9.18 Å². The molecule has 2 N–H and O–H groups in total. The van der Waals surface area contributed by atoms with Gasteiger partial charge in [0.2, 0.25) is 0 Å². The Hall–Kier alpha value is -2.60. The highest BCUT2D eigenvalue weighted by atomic mass is 19.1. The summed E-state index contributed by atoms with van der Waals surface area (Å²) >= 11 is 0. The van der Waals surface area contributed by atoms with Gasteiger partial charge in [-0.1, -0.05) is 36.4 Å². The van der Waals surface area contributed by atoms with Crippen molar-refractivity contribution < 1.29 is 19.0 Å². The predicted molar refractivity (Wildman–Crippen MR) is 113 cm³/mol. The van der Waals surface area contributed by atoms with Crippen LogP contribution in [0.4, 0.5) is 9.18 Å². The maximum Gasteiger partial charge on any atom is 0.317 e. The van der Waals surface area contributed by atoms with Gasteiger partial charge in [0.05, 0.1) is 5.60 Å². The van der Waals surface area contributed by atoms with Crippen molar-refractivity contribution in [2.24, 2.45) is 0 Å². The summed E-state index contributed by atoms with van der Waals surface area (Å²) in [5.74, 6) is 0.224. The lowest BCUT2D eigenvalue weighted by molar-refractivity contribution is -0.00794. The van der Waals surface area contributed by atoms with Crippen molar-refractivity contribution in [1.29, 1.82) is 0 Å². The number of ether oxygens (including phenoxy) is 1. The molecule has 2 aromatic rings. The second-order valence-corrected chi connectivity index (χ2v) is 8.38. The lowest BCUT2D eigenvalue weighted by Gasteiger charge is -2.38. The van der Waals surface area contributed by atoms with Gasteiger partial charge in [-0.2, -0.15) is 0 Å². The number of carbonyl (C=O) groups excluding carboxylic acids is 1. The van der Waals surface area contributed by atoms with Crippen LogP contribution in [0.1, 0.15) is 44.1 Å². The molecule has 0 bridgehead atoms. The Balaban J connectivity index is 1.22. The van der Waals surface area contributed by atoms with Crippen LogP contribution >= 0.6 is 0 Å². The fourth-order valence-corrected chi connectivity index (χ4v) is 4.45. The molecule has 2 fully saturated rings. The maximum absolute atomic E-state index is 13.3. The number of rotatable bonds is 4. The number of carbonyl (C=O) groups is 1. The summed E-state index contributed by atoms with van der Waals surface area (Å²) < 4.78 is 19.2. The van der Waals surface area contributed by atoms with Crippen molar-refractivity contribution in [2.45, 2.75) is 56.3 Å². The number of aliphatic hydroxyl groups is 1. The minimum absolute atomic E-state index is 0.00796. The van der Waals surface area contributed by atoms with Crippen molar-refractivity contribution in [3.63, 3.8) is 0 Å². The third-order valence-corrected chi connectivity index (χ3v) is 6.28. The van der Waals surface area contributed by atoms with Crippen LogP contribution in [0.25, 0.3) is 0 Å². The van der Waals surface area contributed by atoms with E-state index in [1.54, 1.807) is 12.1 Å². The van der Waals surface area contributed by atoms with Gasteiger partial charge in [0.1, 0.15) is 17.7 Å². The van der Waals surface area contributed by atoms with Crippen LogP contribution in [-0.4, -0.2) is 41.3 Å². The second-order valence-electron chi connectivity index (χ2n) is 8.38. The van der Waals surface area contributed by atoms with Gasteiger partial charge < -0.3 is 20.1 Å². The molecular formula is C24H29FN2O3. The predicted octanol–water partition coefficient (Wildman–Crippen LogP) is 4.21. The van der Waals surface area contributed by atoms with E-state index in [2.05, 4.69) is 5.32 Å². The molecule has 1 aliphatic heterocycles. The van der Waals surface area contributed by atoms with E-state index in [-0.39, 0.29) is 24.0 Å². The van der Waals surface area contributed by atoms with Gasteiger partial charge in [0.25, 0.3) is 0 Å². The van der Waals surface area contributed by atoms with Crippen LogP contribution < -0.4 is 10.1 Å². The number of piperidine rings is 1. The van der Waals surface area contributed by atoms with Gasteiger partial charge in [-0.15, -0.1) is 0 Å². The molecule has 0 aromatic heterocycles. The zero-order chi connectivity index (χ0) is 21.0. The normalized spacial score (nSPS) is 25.0. The summed E-state index contributed by atoms with van der Waals surface area (Å²) in [6.07, 6.45) is 4.25. The highest BCUT2D eigenvalue weighted by molar-refractivity contribution is 5.74. The monoisotopic (exact) mass is 412 g/mol. The zero-order valence-corrected chi connectivity index (χ0v) is 17.1. The zero-order valence-electron chi connectivity index (χ0n) is 17.1. The minimum Gasteiger partial charge on any atom is -0.490 e. The van der Waals surface area contributed by atoms with Gasteiger partial charge in [-0.05, 0) is 43.4 Å². The summed E-state index contributed by atoms with van der Waals surface area (Å²) in [5, 5.41) is 14.1. The van der Waals surface area contributed by atoms with Crippen LogP contribution in [0.2, 0.25) is 0 Å². The second kappa shape index (κ2) is 9.04. The Morgan fingerprint density at radius 2 is 1.73 bits per heavy atom. The summed E-state index contributed by atoms with van der Waals surface area (Å²) in [5.41, 5.74) is 0.157. The molecule has 6 heteroatoms. The molecular weight excluding hydrogens is 383 g/mol. The highest BCUT2D eigenvalue weighted by Gasteiger charge is 2.35. The Kier molecular flexibility index (Phi) is 6.23. The molecule has 2 aromatic carbocycles. The minimum atomic E-state index is -0.797. The Morgan fingerprint density at radius 1 is 1.03 bits per heavy atom. The average Bonchev–Trinajstić information content (AvgIpc) is 2.77. The van der Waals surface area contributed by atoms with Gasteiger partial charge >= 0.3 is 6.03 Å². The van der Waals surface area contributed by atoms with Crippen LogP contribution in [0.15, 0.2) is 54.6 Å². The van der Waals surface area contributed by atoms with Gasteiger partial charge in [0.15, 0.2) is 0 Å². The molecule has 0 unspecified atom stereocenters. The van der Waals surface area contributed by atoms with Crippen LogP contribution in [-0.2, 0) is 5.60 Å². The van der Waals surface area contributed by atoms with E-state index < -0.39 is 5.60 Å².